The number of methoxy groups -OCH3 is 1. The van der Waals surface area contributed by atoms with Gasteiger partial charge in [-0.1, -0.05) is 0 Å². The summed E-state index contributed by atoms with van der Waals surface area (Å²) >= 11 is 0. The summed E-state index contributed by atoms with van der Waals surface area (Å²) in [6.45, 7) is 4.05. The molecule has 0 aliphatic heterocycles. The van der Waals surface area contributed by atoms with E-state index in [0.717, 1.165) is 33.9 Å². The van der Waals surface area contributed by atoms with E-state index in [1.54, 1.807) is 7.11 Å². The Morgan fingerprint density at radius 3 is 2.39 bits per heavy atom. The predicted molar refractivity (Wildman–Crippen MR) is 76.6 cm³/mol. The number of benzene rings is 2. The molecule has 3 N–H and O–H groups in total. The van der Waals surface area contributed by atoms with Gasteiger partial charge < -0.3 is 15.8 Å². The molecular formula is C15H18N2O. The van der Waals surface area contributed by atoms with Crippen LogP contribution >= 0.6 is 0 Å². The zero-order valence-electron chi connectivity index (χ0n) is 10.9. The van der Waals surface area contributed by atoms with Crippen molar-refractivity contribution in [3.05, 3.63) is 47.5 Å². The van der Waals surface area contributed by atoms with Gasteiger partial charge in [-0.2, -0.15) is 0 Å². The van der Waals surface area contributed by atoms with Crippen LogP contribution in [0.4, 0.5) is 17.1 Å². The quantitative estimate of drug-likeness (QED) is 0.808. The van der Waals surface area contributed by atoms with Crippen molar-refractivity contribution in [3.8, 4) is 5.75 Å². The molecule has 2 rings (SSSR count). The van der Waals surface area contributed by atoms with Crippen LogP contribution in [0.2, 0.25) is 0 Å². The maximum absolute atomic E-state index is 5.83. The number of rotatable bonds is 3. The van der Waals surface area contributed by atoms with Crippen LogP contribution in [-0.2, 0) is 0 Å². The standard InChI is InChI=1S/C15H18N2O/c1-10-6-12(16)9-14(7-10)17-13-4-5-15(18-3)11(2)8-13/h4-9,17H,16H2,1-3H3. The minimum atomic E-state index is 0.766. The highest BCUT2D eigenvalue weighted by Gasteiger charge is 2.01. The lowest BCUT2D eigenvalue weighted by Crippen LogP contribution is -1.95. The average molecular weight is 242 g/mol. The zero-order chi connectivity index (χ0) is 13.1. The number of nitrogens with two attached hydrogens (primary N) is 1. The van der Waals surface area contributed by atoms with E-state index in [2.05, 4.69) is 17.4 Å². The number of hydrogen-bond donors (Lipinski definition) is 2. The normalized spacial score (nSPS) is 10.2. The highest BCUT2D eigenvalue weighted by molar-refractivity contribution is 5.66. The van der Waals surface area contributed by atoms with Crippen molar-refractivity contribution in [2.45, 2.75) is 13.8 Å². The third-order valence-corrected chi connectivity index (χ3v) is 2.78. The summed E-state index contributed by atoms with van der Waals surface area (Å²) in [6, 6.07) is 11.9. The molecule has 0 aliphatic carbocycles. The topological polar surface area (TPSA) is 47.3 Å². The Labute approximate surface area is 108 Å². The number of hydrogen-bond acceptors (Lipinski definition) is 3. The Kier molecular flexibility index (Phi) is 3.42. The average Bonchev–Trinajstić information content (AvgIpc) is 2.27. The SMILES string of the molecule is COc1ccc(Nc2cc(C)cc(N)c2)cc1C. The molecule has 0 spiro atoms. The summed E-state index contributed by atoms with van der Waals surface area (Å²) in [4.78, 5) is 0. The summed E-state index contributed by atoms with van der Waals surface area (Å²) in [5.74, 6) is 0.893. The first-order chi connectivity index (χ1) is 8.58. The molecule has 0 unspecified atom stereocenters. The molecule has 18 heavy (non-hydrogen) atoms. The summed E-state index contributed by atoms with van der Waals surface area (Å²) in [7, 11) is 1.68. The zero-order valence-corrected chi connectivity index (χ0v) is 10.9. The summed E-state index contributed by atoms with van der Waals surface area (Å²) in [5, 5.41) is 3.34. The van der Waals surface area contributed by atoms with E-state index in [1.165, 1.54) is 0 Å². The van der Waals surface area contributed by atoms with Gasteiger partial charge in [-0.15, -0.1) is 0 Å². The smallest absolute Gasteiger partial charge is 0.121 e. The molecule has 0 fully saturated rings. The van der Waals surface area contributed by atoms with Gasteiger partial charge in [0.15, 0.2) is 0 Å². The van der Waals surface area contributed by atoms with Crippen molar-refractivity contribution in [3.63, 3.8) is 0 Å². The molecule has 2 aromatic rings. The fourth-order valence-corrected chi connectivity index (χ4v) is 2.01. The van der Waals surface area contributed by atoms with Gasteiger partial charge in [-0.05, 0) is 61.4 Å². The fraction of sp³-hybridized carbons (Fsp3) is 0.200. The molecule has 0 heterocycles. The van der Waals surface area contributed by atoms with Gasteiger partial charge in [-0.3, -0.25) is 0 Å². The van der Waals surface area contributed by atoms with Crippen molar-refractivity contribution in [1.29, 1.82) is 0 Å². The van der Waals surface area contributed by atoms with E-state index >= 15 is 0 Å². The Morgan fingerprint density at radius 2 is 1.78 bits per heavy atom. The molecule has 0 amide bonds. The molecule has 0 saturated carbocycles. The summed E-state index contributed by atoms with van der Waals surface area (Å²) in [5.41, 5.74) is 10.9. The third-order valence-electron chi connectivity index (χ3n) is 2.78. The number of ether oxygens (including phenoxy) is 1. The van der Waals surface area contributed by atoms with Crippen LogP contribution in [0, 0.1) is 13.8 Å². The summed E-state index contributed by atoms with van der Waals surface area (Å²) in [6.07, 6.45) is 0. The Balaban J connectivity index is 2.25. The van der Waals surface area contributed by atoms with E-state index in [1.807, 2.05) is 38.1 Å². The van der Waals surface area contributed by atoms with Crippen LogP contribution in [0.1, 0.15) is 11.1 Å². The van der Waals surface area contributed by atoms with Crippen molar-refractivity contribution >= 4 is 17.1 Å². The maximum Gasteiger partial charge on any atom is 0.121 e. The Hall–Kier alpha value is -2.16. The Morgan fingerprint density at radius 1 is 1.00 bits per heavy atom. The number of nitrogens with one attached hydrogen (secondary N) is 1. The van der Waals surface area contributed by atoms with Gasteiger partial charge >= 0.3 is 0 Å². The first kappa shape index (κ1) is 12.3. The largest absolute Gasteiger partial charge is 0.496 e. The van der Waals surface area contributed by atoms with Crippen molar-refractivity contribution < 1.29 is 4.74 Å². The lowest BCUT2D eigenvalue weighted by Gasteiger charge is -2.11. The van der Waals surface area contributed by atoms with Crippen LogP contribution < -0.4 is 15.8 Å². The van der Waals surface area contributed by atoms with Crippen LogP contribution in [0.3, 0.4) is 0 Å². The minimum absolute atomic E-state index is 0.766. The highest BCUT2D eigenvalue weighted by atomic mass is 16.5. The molecule has 3 heteroatoms. The number of anilines is 3. The molecule has 2 aromatic carbocycles. The van der Waals surface area contributed by atoms with E-state index in [-0.39, 0.29) is 0 Å². The second-order valence-electron chi connectivity index (χ2n) is 4.44. The molecule has 0 atom stereocenters. The lowest BCUT2D eigenvalue weighted by molar-refractivity contribution is 0.412. The molecular weight excluding hydrogens is 224 g/mol. The second kappa shape index (κ2) is 5.00. The van der Waals surface area contributed by atoms with Crippen molar-refractivity contribution in [1.82, 2.24) is 0 Å². The number of aryl methyl sites for hydroxylation is 2. The number of nitrogen functional groups attached to an aromatic ring is 1. The van der Waals surface area contributed by atoms with Gasteiger partial charge in [0.1, 0.15) is 5.75 Å². The van der Waals surface area contributed by atoms with Gasteiger partial charge in [0.05, 0.1) is 7.11 Å². The van der Waals surface area contributed by atoms with Gasteiger partial charge in [0.2, 0.25) is 0 Å². The molecule has 0 saturated heterocycles. The molecule has 94 valence electrons. The van der Waals surface area contributed by atoms with E-state index < -0.39 is 0 Å². The predicted octanol–water partition coefficient (Wildman–Crippen LogP) is 3.64. The van der Waals surface area contributed by atoms with Crippen LogP contribution in [0.5, 0.6) is 5.75 Å². The highest BCUT2D eigenvalue weighted by Crippen LogP contribution is 2.25. The lowest BCUT2D eigenvalue weighted by atomic mass is 10.1. The van der Waals surface area contributed by atoms with Gasteiger partial charge in [-0.25, -0.2) is 0 Å². The molecule has 3 nitrogen and oxygen atoms in total. The summed E-state index contributed by atoms with van der Waals surface area (Å²) < 4.78 is 5.24. The molecule has 0 radical (unpaired) electrons. The minimum Gasteiger partial charge on any atom is -0.496 e. The molecule has 0 aliphatic rings. The maximum atomic E-state index is 5.83. The van der Waals surface area contributed by atoms with E-state index in [0.29, 0.717) is 0 Å². The fourth-order valence-electron chi connectivity index (χ4n) is 2.01. The first-order valence-electron chi connectivity index (χ1n) is 5.87. The van der Waals surface area contributed by atoms with E-state index in [4.69, 9.17) is 10.5 Å². The third kappa shape index (κ3) is 2.74. The first-order valence-corrected chi connectivity index (χ1v) is 5.87. The molecule has 0 aromatic heterocycles. The van der Waals surface area contributed by atoms with Crippen molar-refractivity contribution in [2.75, 3.05) is 18.2 Å². The van der Waals surface area contributed by atoms with Crippen molar-refractivity contribution in [2.24, 2.45) is 0 Å². The molecule has 0 bridgehead atoms. The van der Waals surface area contributed by atoms with Crippen LogP contribution in [-0.4, -0.2) is 7.11 Å². The monoisotopic (exact) mass is 242 g/mol. The van der Waals surface area contributed by atoms with Crippen LogP contribution in [0.25, 0.3) is 0 Å². The van der Waals surface area contributed by atoms with Gasteiger partial charge in [0.25, 0.3) is 0 Å². The second-order valence-corrected chi connectivity index (χ2v) is 4.44. The Bertz CT molecular complexity index is 544. The van der Waals surface area contributed by atoms with E-state index in [9.17, 15) is 0 Å². The van der Waals surface area contributed by atoms with Crippen LogP contribution in [0.15, 0.2) is 36.4 Å². The van der Waals surface area contributed by atoms with Gasteiger partial charge in [0, 0.05) is 17.1 Å².